The second-order valence-corrected chi connectivity index (χ2v) is 5.77. The molecule has 6 heteroatoms. The lowest BCUT2D eigenvalue weighted by atomic mass is 9.87. The Morgan fingerprint density at radius 2 is 1.91 bits per heavy atom. The molecule has 1 N–H and O–H groups in total. The van der Waals surface area contributed by atoms with Crippen molar-refractivity contribution in [1.29, 1.82) is 0 Å². The minimum atomic E-state index is -0.366. The summed E-state index contributed by atoms with van der Waals surface area (Å²) < 4.78 is 6.26. The van der Waals surface area contributed by atoms with Crippen LogP contribution in [0.15, 0.2) is 33.9 Å². The number of nitrogens with one attached hydrogen (secondary N) is 1. The fourth-order valence-electron chi connectivity index (χ4n) is 3.15. The molecule has 1 aromatic heterocycles. The van der Waals surface area contributed by atoms with Crippen molar-refractivity contribution in [2.45, 2.75) is 38.3 Å². The lowest BCUT2D eigenvalue weighted by Crippen LogP contribution is -2.38. The van der Waals surface area contributed by atoms with Crippen molar-refractivity contribution in [2.24, 2.45) is 5.92 Å². The molecule has 1 aliphatic rings. The predicted octanol–water partition coefficient (Wildman–Crippen LogP) is 1.42. The number of carbonyl (C=O) groups excluding carboxylic acids is 1. The fourth-order valence-corrected chi connectivity index (χ4v) is 3.15. The SMILES string of the molecule is O=COC1CCC(Cn2c(=O)[nH]c3ccccc3c2=O)CC1. The number of carbonyl (C=O) groups is 1. The maximum Gasteiger partial charge on any atom is 0.328 e. The first kappa shape index (κ1) is 14.6. The minimum absolute atomic E-state index is 0.0274. The number of aromatic amines is 1. The number of para-hydroxylation sites is 1. The smallest absolute Gasteiger partial charge is 0.328 e. The molecule has 1 heterocycles. The molecule has 0 atom stereocenters. The highest BCUT2D eigenvalue weighted by atomic mass is 16.5. The molecular formula is C16H18N2O4. The summed E-state index contributed by atoms with van der Waals surface area (Å²) in [5.74, 6) is 0.256. The molecular weight excluding hydrogens is 284 g/mol. The van der Waals surface area contributed by atoms with E-state index >= 15 is 0 Å². The van der Waals surface area contributed by atoms with E-state index in [-0.39, 0.29) is 23.3 Å². The lowest BCUT2D eigenvalue weighted by Gasteiger charge is -2.27. The van der Waals surface area contributed by atoms with Crippen LogP contribution in [0.4, 0.5) is 0 Å². The third-order valence-electron chi connectivity index (χ3n) is 4.37. The van der Waals surface area contributed by atoms with Crippen molar-refractivity contribution >= 4 is 17.4 Å². The summed E-state index contributed by atoms with van der Waals surface area (Å²) in [4.78, 5) is 37.7. The Kier molecular flexibility index (Phi) is 4.09. The summed E-state index contributed by atoms with van der Waals surface area (Å²) in [5.41, 5.74) is -0.0441. The number of rotatable bonds is 4. The van der Waals surface area contributed by atoms with Crippen molar-refractivity contribution in [3.63, 3.8) is 0 Å². The Bertz CT molecular complexity index is 785. The van der Waals surface area contributed by atoms with Crippen molar-refractivity contribution in [3.8, 4) is 0 Å². The van der Waals surface area contributed by atoms with Gasteiger partial charge in [-0.2, -0.15) is 0 Å². The number of aromatic nitrogens is 2. The molecule has 0 aliphatic heterocycles. The Labute approximate surface area is 126 Å². The van der Waals surface area contributed by atoms with Crippen LogP contribution in [0.5, 0.6) is 0 Å². The standard InChI is InChI=1S/C16H18N2O4/c19-10-22-12-7-5-11(6-8-12)9-18-15(20)13-3-1-2-4-14(13)17-16(18)21/h1-4,10-12H,5-9H2,(H,17,21). The van der Waals surface area contributed by atoms with Crippen LogP contribution in [-0.2, 0) is 16.1 Å². The number of nitrogens with zero attached hydrogens (tertiary/aromatic N) is 1. The van der Waals surface area contributed by atoms with E-state index < -0.39 is 0 Å². The van der Waals surface area contributed by atoms with Gasteiger partial charge in [0.15, 0.2) is 0 Å². The maximum atomic E-state index is 12.5. The van der Waals surface area contributed by atoms with Gasteiger partial charge in [-0.15, -0.1) is 0 Å². The molecule has 0 spiro atoms. The van der Waals surface area contributed by atoms with Crippen molar-refractivity contribution < 1.29 is 9.53 Å². The predicted molar refractivity (Wildman–Crippen MR) is 81.7 cm³/mol. The summed E-state index contributed by atoms with van der Waals surface area (Å²) >= 11 is 0. The van der Waals surface area contributed by atoms with Crippen LogP contribution in [-0.4, -0.2) is 22.1 Å². The third kappa shape index (κ3) is 2.81. The molecule has 0 saturated heterocycles. The second kappa shape index (κ2) is 6.17. The quantitative estimate of drug-likeness (QED) is 0.866. The van der Waals surface area contributed by atoms with Gasteiger partial charge in [0.2, 0.25) is 0 Å². The van der Waals surface area contributed by atoms with Gasteiger partial charge in [-0.25, -0.2) is 4.79 Å². The molecule has 1 fully saturated rings. The van der Waals surface area contributed by atoms with Crippen LogP contribution in [0.25, 0.3) is 10.9 Å². The second-order valence-electron chi connectivity index (χ2n) is 5.77. The summed E-state index contributed by atoms with van der Waals surface area (Å²) in [7, 11) is 0. The van der Waals surface area contributed by atoms with Gasteiger partial charge in [-0.05, 0) is 43.7 Å². The molecule has 0 unspecified atom stereocenters. The highest BCUT2D eigenvalue weighted by Crippen LogP contribution is 2.26. The first-order valence-electron chi connectivity index (χ1n) is 7.50. The van der Waals surface area contributed by atoms with Crippen LogP contribution in [0, 0.1) is 5.92 Å². The lowest BCUT2D eigenvalue weighted by molar-refractivity contribution is -0.135. The van der Waals surface area contributed by atoms with E-state index in [0.717, 1.165) is 25.7 Å². The monoisotopic (exact) mass is 302 g/mol. The fraction of sp³-hybridized carbons (Fsp3) is 0.438. The van der Waals surface area contributed by atoms with E-state index in [1.165, 1.54) is 4.57 Å². The van der Waals surface area contributed by atoms with E-state index in [9.17, 15) is 14.4 Å². The molecule has 3 rings (SSSR count). The molecule has 1 saturated carbocycles. The van der Waals surface area contributed by atoms with E-state index in [1.54, 1.807) is 24.3 Å². The van der Waals surface area contributed by atoms with Gasteiger partial charge >= 0.3 is 5.69 Å². The summed E-state index contributed by atoms with van der Waals surface area (Å²) in [5, 5.41) is 0.528. The van der Waals surface area contributed by atoms with Gasteiger partial charge in [0, 0.05) is 6.54 Å². The zero-order valence-electron chi connectivity index (χ0n) is 12.2. The van der Waals surface area contributed by atoms with Crippen LogP contribution in [0.1, 0.15) is 25.7 Å². The number of ether oxygens (including phenoxy) is 1. The first-order valence-corrected chi connectivity index (χ1v) is 7.50. The largest absolute Gasteiger partial charge is 0.465 e. The molecule has 116 valence electrons. The molecule has 22 heavy (non-hydrogen) atoms. The number of hydrogen-bond acceptors (Lipinski definition) is 4. The van der Waals surface area contributed by atoms with Crippen molar-refractivity contribution in [3.05, 3.63) is 45.1 Å². The molecule has 0 radical (unpaired) electrons. The average Bonchev–Trinajstić information content (AvgIpc) is 2.53. The molecule has 2 aromatic rings. The minimum Gasteiger partial charge on any atom is -0.465 e. The molecule has 1 aliphatic carbocycles. The number of benzene rings is 1. The number of H-pyrrole nitrogens is 1. The Morgan fingerprint density at radius 3 is 2.64 bits per heavy atom. The van der Waals surface area contributed by atoms with Crippen LogP contribution >= 0.6 is 0 Å². The highest BCUT2D eigenvalue weighted by molar-refractivity contribution is 5.76. The first-order chi connectivity index (χ1) is 10.7. The zero-order valence-corrected chi connectivity index (χ0v) is 12.2. The van der Waals surface area contributed by atoms with E-state index in [2.05, 4.69) is 4.98 Å². The van der Waals surface area contributed by atoms with Gasteiger partial charge in [0.25, 0.3) is 12.0 Å². The van der Waals surface area contributed by atoms with E-state index in [0.29, 0.717) is 23.9 Å². The van der Waals surface area contributed by atoms with Crippen LogP contribution < -0.4 is 11.2 Å². The third-order valence-corrected chi connectivity index (χ3v) is 4.37. The van der Waals surface area contributed by atoms with Gasteiger partial charge in [0.1, 0.15) is 6.10 Å². The summed E-state index contributed by atoms with van der Waals surface area (Å²) in [6.07, 6.45) is 3.22. The van der Waals surface area contributed by atoms with Crippen molar-refractivity contribution in [1.82, 2.24) is 9.55 Å². The Hall–Kier alpha value is -2.37. The van der Waals surface area contributed by atoms with Gasteiger partial charge in [0.05, 0.1) is 10.9 Å². The average molecular weight is 302 g/mol. The summed E-state index contributed by atoms with van der Waals surface area (Å²) in [6, 6.07) is 7.02. The van der Waals surface area contributed by atoms with Crippen LogP contribution in [0.2, 0.25) is 0 Å². The topological polar surface area (TPSA) is 81.2 Å². The van der Waals surface area contributed by atoms with E-state index in [1.807, 2.05) is 0 Å². The van der Waals surface area contributed by atoms with E-state index in [4.69, 9.17) is 4.74 Å². The number of fused-ring (bicyclic) bond motifs is 1. The molecule has 0 amide bonds. The number of hydrogen-bond donors (Lipinski definition) is 1. The van der Waals surface area contributed by atoms with Gasteiger partial charge < -0.3 is 9.72 Å². The van der Waals surface area contributed by atoms with Crippen molar-refractivity contribution in [2.75, 3.05) is 0 Å². The van der Waals surface area contributed by atoms with Gasteiger partial charge in [-0.1, -0.05) is 12.1 Å². The molecule has 0 bridgehead atoms. The Balaban J connectivity index is 1.82. The van der Waals surface area contributed by atoms with Gasteiger partial charge in [-0.3, -0.25) is 14.2 Å². The summed E-state index contributed by atoms with van der Waals surface area (Å²) in [6.45, 7) is 0.899. The van der Waals surface area contributed by atoms with Crippen LogP contribution in [0.3, 0.4) is 0 Å². The normalized spacial score (nSPS) is 21.6. The molecule has 1 aromatic carbocycles. The Morgan fingerprint density at radius 1 is 1.18 bits per heavy atom. The zero-order chi connectivity index (χ0) is 15.5. The highest BCUT2D eigenvalue weighted by Gasteiger charge is 2.23. The maximum absolute atomic E-state index is 12.5. The molecule has 6 nitrogen and oxygen atoms in total.